The number of carbonyl (C=O) groups is 1. The Labute approximate surface area is 117 Å². The van der Waals surface area contributed by atoms with Crippen LogP contribution in [0.3, 0.4) is 0 Å². The molecule has 1 heterocycles. The van der Waals surface area contributed by atoms with E-state index in [0.29, 0.717) is 0 Å². The highest BCUT2D eigenvalue weighted by molar-refractivity contribution is 6.04. The first-order valence-corrected chi connectivity index (χ1v) is 6.18. The second-order valence-electron chi connectivity index (χ2n) is 4.31. The summed E-state index contributed by atoms with van der Waals surface area (Å²) in [5.41, 5.74) is -0.586. The number of rotatable bonds is 3. The maximum atomic E-state index is 12.2. The van der Waals surface area contributed by atoms with Crippen molar-refractivity contribution in [2.24, 2.45) is 0 Å². The van der Waals surface area contributed by atoms with Crippen LogP contribution in [-0.4, -0.2) is 28.4 Å². The first-order valence-electron chi connectivity index (χ1n) is 6.18. The molecule has 0 unspecified atom stereocenters. The highest BCUT2D eigenvalue weighted by atomic mass is 19.4. The number of halogens is 3. The smallest absolute Gasteiger partial charge is 0.342 e. The quantitative estimate of drug-likeness (QED) is 0.938. The number of benzene rings is 1. The molecule has 0 saturated heterocycles. The second-order valence-corrected chi connectivity index (χ2v) is 4.31. The van der Waals surface area contributed by atoms with Crippen LogP contribution in [0.5, 0.6) is 0 Å². The van der Waals surface area contributed by atoms with E-state index in [0.717, 1.165) is 4.68 Å². The third-order valence-corrected chi connectivity index (χ3v) is 2.83. The lowest BCUT2D eigenvalue weighted by atomic mass is 10.1. The highest BCUT2D eigenvalue weighted by Gasteiger charge is 2.28. The number of carbonyl (C=O) groups excluding carboxylic acids is 1. The van der Waals surface area contributed by atoms with Crippen molar-refractivity contribution in [3.63, 3.8) is 0 Å². The van der Waals surface area contributed by atoms with Crippen LogP contribution in [0.4, 0.5) is 13.2 Å². The molecule has 0 aliphatic heterocycles. The van der Waals surface area contributed by atoms with E-state index in [1.54, 1.807) is 24.4 Å². The van der Waals surface area contributed by atoms with Gasteiger partial charge in [0.25, 0.3) is 11.5 Å². The molecule has 1 aromatic carbocycles. The van der Waals surface area contributed by atoms with Crippen molar-refractivity contribution in [3.05, 3.63) is 40.3 Å². The summed E-state index contributed by atoms with van der Waals surface area (Å²) in [6.07, 6.45) is -4.51. The molecule has 0 fully saturated rings. The number of fused-ring (bicyclic) bond motifs is 1. The molecule has 21 heavy (non-hydrogen) atoms. The Balaban J connectivity index is 2.50. The summed E-state index contributed by atoms with van der Waals surface area (Å²) >= 11 is 0. The van der Waals surface area contributed by atoms with Crippen molar-refractivity contribution in [1.29, 1.82) is 0 Å². The Morgan fingerprint density at radius 3 is 2.48 bits per heavy atom. The predicted molar refractivity (Wildman–Crippen MR) is 70.1 cm³/mol. The van der Waals surface area contributed by atoms with Gasteiger partial charge in [-0.2, -0.15) is 18.3 Å². The van der Waals surface area contributed by atoms with Gasteiger partial charge in [-0.1, -0.05) is 18.2 Å². The van der Waals surface area contributed by atoms with E-state index < -0.39 is 18.6 Å². The molecule has 0 radical (unpaired) electrons. The van der Waals surface area contributed by atoms with Gasteiger partial charge < -0.3 is 5.32 Å². The lowest BCUT2D eigenvalue weighted by Crippen LogP contribution is -2.36. The zero-order valence-electron chi connectivity index (χ0n) is 11.1. The fourth-order valence-corrected chi connectivity index (χ4v) is 1.88. The topological polar surface area (TPSA) is 64.0 Å². The number of nitrogens with one attached hydrogen (secondary N) is 1. The zero-order valence-corrected chi connectivity index (χ0v) is 11.1. The van der Waals surface area contributed by atoms with Crippen molar-refractivity contribution in [2.75, 3.05) is 6.54 Å². The summed E-state index contributed by atoms with van der Waals surface area (Å²) in [5, 5.41) is 6.08. The van der Waals surface area contributed by atoms with Crippen LogP contribution in [0.2, 0.25) is 0 Å². The van der Waals surface area contributed by atoms with Crippen LogP contribution in [0, 0.1) is 0 Å². The number of nitrogens with zero attached hydrogens (tertiary/aromatic N) is 2. The summed E-state index contributed by atoms with van der Waals surface area (Å²) in [7, 11) is 0. The SMILES string of the molecule is CCn1nc(C(=O)NCC(F)(F)F)c2ccccc2c1=O. The molecule has 8 heteroatoms. The van der Waals surface area contributed by atoms with Crippen LogP contribution < -0.4 is 10.9 Å². The number of hydrogen-bond acceptors (Lipinski definition) is 3. The third-order valence-electron chi connectivity index (χ3n) is 2.83. The molecule has 0 aliphatic carbocycles. The summed E-state index contributed by atoms with van der Waals surface area (Å²) in [4.78, 5) is 23.9. The first-order chi connectivity index (χ1) is 9.83. The van der Waals surface area contributed by atoms with Crippen molar-refractivity contribution >= 4 is 16.7 Å². The fourth-order valence-electron chi connectivity index (χ4n) is 1.88. The Hall–Kier alpha value is -2.38. The van der Waals surface area contributed by atoms with E-state index in [-0.39, 0.29) is 28.6 Å². The van der Waals surface area contributed by atoms with E-state index in [9.17, 15) is 22.8 Å². The van der Waals surface area contributed by atoms with E-state index in [1.807, 2.05) is 0 Å². The van der Waals surface area contributed by atoms with Crippen LogP contribution in [0.1, 0.15) is 17.4 Å². The van der Waals surface area contributed by atoms with Gasteiger partial charge in [0.1, 0.15) is 6.54 Å². The monoisotopic (exact) mass is 299 g/mol. The van der Waals surface area contributed by atoms with Gasteiger partial charge in [0.2, 0.25) is 0 Å². The van der Waals surface area contributed by atoms with Crippen LogP contribution in [0.25, 0.3) is 10.8 Å². The highest BCUT2D eigenvalue weighted by Crippen LogP contribution is 2.15. The van der Waals surface area contributed by atoms with E-state index in [4.69, 9.17) is 0 Å². The fraction of sp³-hybridized carbons (Fsp3) is 0.308. The molecule has 0 aliphatic rings. The van der Waals surface area contributed by atoms with Gasteiger partial charge in [0.05, 0.1) is 5.39 Å². The normalized spacial score (nSPS) is 11.6. The first kappa shape index (κ1) is 15.0. The number of aromatic nitrogens is 2. The zero-order chi connectivity index (χ0) is 15.6. The molecule has 1 N–H and O–H groups in total. The van der Waals surface area contributed by atoms with E-state index in [1.165, 1.54) is 12.1 Å². The van der Waals surface area contributed by atoms with Crippen molar-refractivity contribution in [2.45, 2.75) is 19.6 Å². The van der Waals surface area contributed by atoms with Crippen LogP contribution in [-0.2, 0) is 6.54 Å². The third kappa shape index (κ3) is 3.21. The van der Waals surface area contributed by atoms with Crippen molar-refractivity contribution in [3.8, 4) is 0 Å². The summed E-state index contributed by atoms with van der Waals surface area (Å²) < 4.78 is 37.5. The molecular weight excluding hydrogens is 287 g/mol. The maximum absolute atomic E-state index is 12.2. The Bertz CT molecular complexity index is 737. The molecule has 0 bridgehead atoms. The molecule has 2 aromatic rings. The predicted octanol–water partition coefficient (Wildman–Crippen LogP) is 1.71. The molecule has 1 amide bonds. The Kier molecular flexibility index (Phi) is 3.97. The summed E-state index contributed by atoms with van der Waals surface area (Å²) in [6.45, 7) is 0.414. The van der Waals surface area contributed by atoms with Crippen molar-refractivity contribution < 1.29 is 18.0 Å². The molecule has 0 atom stereocenters. The number of aryl methyl sites for hydroxylation is 1. The molecule has 1 aromatic heterocycles. The molecule has 0 spiro atoms. The largest absolute Gasteiger partial charge is 0.405 e. The van der Waals surface area contributed by atoms with Gasteiger partial charge in [0, 0.05) is 11.9 Å². The van der Waals surface area contributed by atoms with E-state index in [2.05, 4.69) is 5.10 Å². The molecule has 112 valence electrons. The standard InChI is InChI=1S/C13H12F3N3O2/c1-2-19-12(21)9-6-4-3-5-8(9)10(18-19)11(20)17-7-13(14,15)16/h3-6H,2,7H2,1H3,(H,17,20). The number of alkyl halides is 3. The minimum absolute atomic E-state index is 0.198. The van der Waals surface area contributed by atoms with Gasteiger partial charge in [0.15, 0.2) is 5.69 Å². The van der Waals surface area contributed by atoms with Gasteiger partial charge in [-0.25, -0.2) is 4.68 Å². The van der Waals surface area contributed by atoms with Crippen LogP contribution in [0.15, 0.2) is 29.1 Å². The second kappa shape index (κ2) is 5.55. The van der Waals surface area contributed by atoms with Gasteiger partial charge in [-0.15, -0.1) is 0 Å². The van der Waals surface area contributed by atoms with Gasteiger partial charge in [-0.05, 0) is 13.0 Å². The Morgan fingerprint density at radius 2 is 1.90 bits per heavy atom. The van der Waals surface area contributed by atoms with Gasteiger partial charge in [-0.3, -0.25) is 9.59 Å². The Morgan fingerprint density at radius 1 is 1.29 bits per heavy atom. The van der Waals surface area contributed by atoms with E-state index >= 15 is 0 Å². The van der Waals surface area contributed by atoms with Crippen LogP contribution >= 0.6 is 0 Å². The lowest BCUT2D eigenvalue weighted by Gasteiger charge is -2.11. The molecule has 0 saturated carbocycles. The summed E-state index contributed by atoms with van der Waals surface area (Å²) in [6, 6.07) is 6.18. The summed E-state index contributed by atoms with van der Waals surface area (Å²) in [5.74, 6) is -0.967. The number of amides is 1. The maximum Gasteiger partial charge on any atom is 0.405 e. The minimum atomic E-state index is -4.51. The lowest BCUT2D eigenvalue weighted by molar-refractivity contribution is -0.123. The molecule has 2 rings (SSSR count). The molecular formula is C13H12F3N3O2. The van der Waals surface area contributed by atoms with Gasteiger partial charge >= 0.3 is 6.18 Å². The molecule has 5 nitrogen and oxygen atoms in total. The van der Waals surface area contributed by atoms with Crippen molar-refractivity contribution in [1.82, 2.24) is 15.1 Å². The average Bonchev–Trinajstić information content (AvgIpc) is 2.45. The average molecular weight is 299 g/mol. The minimum Gasteiger partial charge on any atom is -0.342 e. The number of hydrogen-bond donors (Lipinski definition) is 1.